The summed E-state index contributed by atoms with van der Waals surface area (Å²) in [6.45, 7) is 25.4. The number of aromatic nitrogens is 2. The summed E-state index contributed by atoms with van der Waals surface area (Å²) >= 11 is 0. The molecule has 4 nitrogen and oxygen atoms in total. The normalized spacial score (nSPS) is 11.4. The molecule has 1 radical (unpaired) electrons. The van der Waals surface area contributed by atoms with Gasteiger partial charge in [0.25, 0.3) is 0 Å². The van der Waals surface area contributed by atoms with E-state index in [2.05, 4.69) is 150 Å². The molecule has 0 atom stereocenters. The number of carbonyl (C=O) groups excluding carboxylic acids is 1. The Hall–Kier alpha value is -4.44. The summed E-state index contributed by atoms with van der Waals surface area (Å²) in [6, 6.07) is 33.0. The third-order valence-corrected chi connectivity index (χ3v) is 10.8. The maximum atomic E-state index is 11.7. The van der Waals surface area contributed by atoms with Gasteiger partial charge < -0.3 is 15.1 Å². The van der Waals surface area contributed by atoms with Gasteiger partial charge in [0, 0.05) is 50.4 Å². The molecule has 0 spiro atoms. The monoisotopic (exact) mass is 953 g/mol. The van der Waals surface area contributed by atoms with Gasteiger partial charge in [0.1, 0.15) is 0 Å². The zero-order valence-electron chi connectivity index (χ0n) is 36.9. The van der Waals surface area contributed by atoms with Crippen molar-refractivity contribution in [1.29, 1.82) is 0 Å². The zero-order chi connectivity index (χ0) is 41.8. The predicted octanol–water partition coefficient (Wildman–Crippen LogP) is 14.8. The summed E-state index contributed by atoms with van der Waals surface area (Å²) < 4.78 is 0. The van der Waals surface area contributed by atoms with Crippen molar-refractivity contribution < 1.29 is 30.0 Å². The van der Waals surface area contributed by atoms with Crippen LogP contribution in [-0.4, -0.2) is 20.9 Å². The quantitative estimate of drug-likeness (QED) is 0.0798. The second kappa shape index (κ2) is 22.6. The molecule has 0 aliphatic rings. The SMILES string of the molecule is CCC(CC)C(=O)/C=C(\O)C(CC)CC.Cc1[c-]c(-c2nccc3cc(C(C)C)ccc23)cc(C)c1.Cc1[c-]c(-c2nccc3cc(C(C)C)ccc23)cc(C)c1.[Ir]. The first-order valence-corrected chi connectivity index (χ1v) is 20.9. The number of ketones is 1. The van der Waals surface area contributed by atoms with Crippen LogP contribution in [0.3, 0.4) is 0 Å². The van der Waals surface area contributed by atoms with Gasteiger partial charge in [-0.1, -0.05) is 119 Å². The Bertz CT molecular complexity index is 2120. The molecule has 0 fully saturated rings. The molecular formula is C53H64IrN2O2-2. The predicted molar refractivity (Wildman–Crippen MR) is 243 cm³/mol. The number of pyridine rings is 2. The van der Waals surface area contributed by atoms with Gasteiger partial charge >= 0.3 is 0 Å². The van der Waals surface area contributed by atoms with Crippen molar-refractivity contribution in [3.8, 4) is 22.5 Å². The number of allylic oxidation sites excluding steroid dienone is 2. The molecule has 0 aliphatic carbocycles. The van der Waals surface area contributed by atoms with Crippen molar-refractivity contribution >= 4 is 27.3 Å². The van der Waals surface area contributed by atoms with E-state index in [4.69, 9.17) is 0 Å². The van der Waals surface area contributed by atoms with E-state index in [0.717, 1.165) is 59.3 Å². The molecule has 5 heteroatoms. The van der Waals surface area contributed by atoms with Crippen LogP contribution in [0.25, 0.3) is 44.1 Å². The van der Waals surface area contributed by atoms with Gasteiger partial charge in [0.2, 0.25) is 0 Å². The minimum absolute atomic E-state index is 0. The molecule has 6 rings (SSSR count). The van der Waals surface area contributed by atoms with E-state index >= 15 is 0 Å². The molecule has 2 heterocycles. The topological polar surface area (TPSA) is 63.1 Å². The molecule has 0 saturated carbocycles. The third-order valence-electron chi connectivity index (χ3n) is 10.8. The maximum Gasteiger partial charge on any atom is 0.162 e. The number of aliphatic hydroxyl groups is 1. The summed E-state index contributed by atoms with van der Waals surface area (Å²) in [5.41, 5.74) is 11.7. The zero-order valence-corrected chi connectivity index (χ0v) is 39.3. The molecule has 0 saturated heterocycles. The number of fused-ring (bicyclic) bond motifs is 2. The molecule has 0 unspecified atom stereocenters. The third kappa shape index (κ3) is 12.8. The van der Waals surface area contributed by atoms with E-state index in [-0.39, 0.29) is 43.5 Å². The number of carbonyl (C=O) groups is 1. The summed E-state index contributed by atoms with van der Waals surface area (Å²) in [5.74, 6) is 1.63. The summed E-state index contributed by atoms with van der Waals surface area (Å²) in [6.07, 6.45) is 8.70. The van der Waals surface area contributed by atoms with Gasteiger partial charge in [-0.3, -0.25) is 4.79 Å². The van der Waals surface area contributed by atoms with E-state index in [9.17, 15) is 9.90 Å². The summed E-state index contributed by atoms with van der Waals surface area (Å²) in [7, 11) is 0. The van der Waals surface area contributed by atoms with Gasteiger partial charge in [-0.15, -0.1) is 69.8 Å². The molecule has 2 aromatic heterocycles. The van der Waals surface area contributed by atoms with Crippen LogP contribution in [0, 0.1) is 51.7 Å². The molecule has 6 aromatic rings. The Kier molecular flexibility index (Phi) is 18.7. The van der Waals surface area contributed by atoms with E-state index in [1.165, 1.54) is 49.9 Å². The van der Waals surface area contributed by atoms with Crippen molar-refractivity contribution in [2.24, 2.45) is 11.8 Å². The molecule has 1 N–H and O–H groups in total. The Morgan fingerprint density at radius 2 is 1.00 bits per heavy atom. The van der Waals surface area contributed by atoms with Crippen molar-refractivity contribution in [2.45, 2.75) is 121 Å². The van der Waals surface area contributed by atoms with Crippen LogP contribution in [0.5, 0.6) is 0 Å². The number of rotatable bonds is 11. The molecule has 0 aliphatic heterocycles. The molecular weight excluding hydrogens is 889 g/mol. The maximum absolute atomic E-state index is 11.7. The average Bonchev–Trinajstić information content (AvgIpc) is 3.17. The number of hydrogen-bond acceptors (Lipinski definition) is 4. The van der Waals surface area contributed by atoms with E-state index in [1.54, 1.807) is 0 Å². The summed E-state index contributed by atoms with van der Waals surface area (Å²) in [4.78, 5) is 20.9. The second-order valence-corrected chi connectivity index (χ2v) is 16.1. The largest absolute Gasteiger partial charge is 0.512 e. The fraction of sp³-hybridized carbons (Fsp3) is 0.377. The van der Waals surface area contributed by atoms with E-state index in [0.29, 0.717) is 11.8 Å². The second-order valence-electron chi connectivity index (χ2n) is 16.1. The fourth-order valence-corrected chi connectivity index (χ4v) is 7.37. The van der Waals surface area contributed by atoms with Crippen LogP contribution in [-0.2, 0) is 24.9 Å². The van der Waals surface area contributed by atoms with Gasteiger partial charge in [0.15, 0.2) is 5.78 Å². The first kappa shape index (κ1) is 47.9. The van der Waals surface area contributed by atoms with E-state index in [1.807, 2.05) is 40.1 Å². The Morgan fingerprint density at radius 1 is 0.603 bits per heavy atom. The molecule has 4 aromatic carbocycles. The van der Waals surface area contributed by atoms with Crippen LogP contribution in [0.4, 0.5) is 0 Å². The molecule has 58 heavy (non-hydrogen) atoms. The Balaban J connectivity index is 0.000000235. The molecule has 0 bridgehead atoms. The van der Waals surface area contributed by atoms with Gasteiger partial charge in [-0.25, -0.2) is 0 Å². The van der Waals surface area contributed by atoms with Crippen LogP contribution >= 0.6 is 0 Å². The van der Waals surface area contributed by atoms with E-state index < -0.39 is 0 Å². The number of benzene rings is 4. The number of aryl methyl sites for hydroxylation is 4. The average molecular weight is 953 g/mol. The number of aliphatic hydroxyl groups excluding tert-OH is 1. The van der Waals surface area contributed by atoms with Gasteiger partial charge in [-0.2, -0.15) is 0 Å². The van der Waals surface area contributed by atoms with Crippen LogP contribution in [0.1, 0.15) is 126 Å². The van der Waals surface area contributed by atoms with Gasteiger partial charge in [0.05, 0.1) is 5.76 Å². The van der Waals surface area contributed by atoms with Crippen LogP contribution in [0.2, 0.25) is 0 Å². The number of hydrogen-bond donors (Lipinski definition) is 1. The first-order chi connectivity index (χ1) is 27.2. The van der Waals surface area contributed by atoms with Gasteiger partial charge in [-0.05, 0) is 93.7 Å². The van der Waals surface area contributed by atoms with Crippen molar-refractivity contribution in [3.05, 3.63) is 143 Å². The standard InChI is InChI=1S/2C20H20N.C13H24O2.Ir/c2*1-13(2)16-5-6-19-17(12-16)7-8-21-20(19)18-10-14(3)9-15(4)11-18;1-5-10(6-2)12(14)9-13(15)11(7-3)8-4;/h2*5-10,12-13H,1-4H3;9-11,14H,5-8H2,1-4H3;/q2*-1;;/b;;12-9-;. The summed E-state index contributed by atoms with van der Waals surface area (Å²) in [5, 5.41) is 14.7. The first-order valence-electron chi connectivity index (χ1n) is 20.9. The van der Waals surface area contributed by atoms with Crippen molar-refractivity contribution in [1.82, 2.24) is 9.97 Å². The molecule has 0 amide bonds. The van der Waals surface area contributed by atoms with Crippen molar-refractivity contribution in [2.75, 3.05) is 0 Å². The van der Waals surface area contributed by atoms with Crippen LogP contribution in [0.15, 0.2) is 97.0 Å². The minimum atomic E-state index is 0. The Labute approximate surface area is 363 Å². The van der Waals surface area contributed by atoms with Crippen molar-refractivity contribution in [3.63, 3.8) is 0 Å². The fourth-order valence-electron chi connectivity index (χ4n) is 7.37. The smallest absolute Gasteiger partial charge is 0.162 e. The number of nitrogens with zero attached hydrogens (tertiary/aromatic N) is 2. The Morgan fingerprint density at radius 3 is 1.34 bits per heavy atom. The van der Waals surface area contributed by atoms with Crippen LogP contribution < -0.4 is 0 Å². The minimum Gasteiger partial charge on any atom is -0.512 e. The molecule has 309 valence electrons.